The third-order valence-corrected chi connectivity index (χ3v) is 6.86. The summed E-state index contributed by atoms with van der Waals surface area (Å²) in [6, 6.07) is 6.48. The van der Waals surface area contributed by atoms with Gasteiger partial charge in [-0.15, -0.1) is 0 Å². The van der Waals surface area contributed by atoms with E-state index in [0.29, 0.717) is 11.5 Å². The first-order valence-electron chi connectivity index (χ1n) is 7.38. The van der Waals surface area contributed by atoms with Gasteiger partial charge in [-0.25, -0.2) is 8.42 Å². The molecule has 3 aliphatic rings. The Bertz CT molecular complexity index is 668. The molecule has 1 aromatic carbocycles. The molecule has 3 heterocycles. The van der Waals surface area contributed by atoms with Crippen LogP contribution in [0.5, 0.6) is 0 Å². The number of nitrogens with zero attached hydrogens (tertiary/aromatic N) is 2. The van der Waals surface area contributed by atoms with Gasteiger partial charge in [0, 0.05) is 43.5 Å². The van der Waals surface area contributed by atoms with Gasteiger partial charge in [-0.3, -0.25) is 0 Å². The van der Waals surface area contributed by atoms with Crippen LogP contribution in [0, 0.1) is 0 Å². The van der Waals surface area contributed by atoms with Crippen LogP contribution in [0.4, 0.5) is 11.4 Å². The van der Waals surface area contributed by atoms with Crippen LogP contribution in [0.3, 0.4) is 0 Å². The van der Waals surface area contributed by atoms with E-state index < -0.39 is 9.84 Å². The predicted octanol–water partition coefficient (Wildman–Crippen LogP) is 0.639. The number of likely N-dealkylation sites (N-methyl/N-ethyl adjacent to an activating group) is 1. The summed E-state index contributed by atoms with van der Waals surface area (Å²) in [6.45, 7) is 4.20. The van der Waals surface area contributed by atoms with Crippen LogP contribution in [0.25, 0.3) is 0 Å². The maximum atomic E-state index is 11.6. The molecule has 0 saturated carbocycles. The summed E-state index contributed by atoms with van der Waals surface area (Å²) in [6.07, 6.45) is 0. The first kappa shape index (κ1) is 13.4. The molecule has 1 spiro atoms. The molecule has 21 heavy (non-hydrogen) atoms. The number of benzene rings is 1. The van der Waals surface area contributed by atoms with Gasteiger partial charge in [-0.05, 0) is 17.7 Å². The molecule has 0 unspecified atom stereocenters. The van der Waals surface area contributed by atoms with Gasteiger partial charge in [0.1, 0.15) is 0 Å². The van der Waals surface area contributed by atoms with Crippen molar-refractivity contribution in [2.45, 2.75) is 5.41 Å². The molecule has 0 bridgehead atoms. The second-order valence-corrected chi connectivity index (χ2v) is 8.53. The molecule has 0 N–H and O–H groups in total. The fourth-order valence-electron chi connectivity index (χ4n) is 3.97. The summed E-state index contributed by atoms with van der Waals surface area (Å²) < 4.78 is 28.7. The molecule has 2 fully saturated rings. The molecular formula is C15H20N2O3S. The number of hydrogen-bond donors (Lipinski definition) is 0. The zero-order valence-corrected chi connectivity index (χ0v) is 13.0. The average molecular weight is 308 g/mol. The Hall–Kier alpha value is -1.27. The SMILES string of the molecule is CN1CC2(CS(=O)(=O)C2)c2ccc(N3CCOCC3)cc21. The number of ether oxygens (including phenoxy) is 1. The highest BCUT2D eigenvalue weighted by atomic mass is 32.2. The van der Waals surface area contributed by atoms with Crippen LogP contribution < -0.4 is 9.80 Å². The van der Waals surface area contributed by atoms with Crippen molar-refractivity contribution in [2.75, 3.05) is 61.2 Å². The molecule has 5 nitrogen and oxygen atoms in total. The highest BCUT2D eigenvalue weighted by molar-refractivity contribution is 7.93. The molecule has 3 aliphatic heterocycles. The number of fused-ring (bicyclic) bond motifs is 2. The van der Waals surface area contributed by atoms with Crippen LogP contribution in [-0.4, -0.2) is 59.8 Å². The van der Waals surface area contributed by atoms with E-state index >= 15 is 0 Å². The van der Waals surface area contributed by atoms with Crippen molar-refractivity contribution in [2.24, 2.45) is 0 Å². The maximum absolute atomic E-state index is 11.6. The molecular weight excluding hydrogens is 288 g/mol. The first-order valence-corrected chi connectivity index (χ1v) is 9.20. The minimum absolute atomic E-state index is 0.160. The van der Waals surface area contributed by atoms with Gasteiger partial charge in [0.15, 0.2) is 9.84 Å². The van der Waals surface area contributed by atoms with E-state index in [4.69, 9.17) is 4.74 Å². The molecule has 0 aliphatic carbocycles. The lowest BCUT2D eigenvalue weighted by atomic mass is 9.85. The Labute approximate surface area is 125 Å². The van der Waals surface area contributed by atoms with Gasteiger partial charge >= 0.3 is 0 Å². The predicted molar refractivity (Wildman–Crippen MR) is 83.1 cm³/mol. The molecule has 6 heteroatoms. The lowest BCUT2D eigenvalue weighted by Crippen LogP contribution is -2.54. The minimum atomic E-state index is -2.82. The minimum Gasteiger partial charge on any atom is -0.378 e. The highest BCUT2D eigenvalue weighted by Gasteiger charge is 2.54. The van der Waals surface area contributed by atoms with E-state index in [-0.39, 0.29) is 5.41 Å². The quantitative estimate of drug-likeness (QED) is 0.762. The largest absolute Gasteiger partial charge is 0.378 e. The normalized spacial score (nSPS) is 25.8. The second-order valence-electron chi connectivity index (χ2n) is 6.47. The van der Waals surface area contributed by atoms with Gasteiger partial charge in [-0.2, -0.15) is 0 Å². The summed E-state index contributed by atoms with van der Waals surface area (Å²) in [5.41, 5.74) is 3.45. The van der Waals surface area contributed by atoms with Crippen molar-refractivity contribution in [3.05, 3.63) is 23.8 Å². The summed E-state index contributed by atoms with van der Waals surface area (Å²) in [5.74, 6) is 0.600. The van der Waals surface area contributed by atoms with E-state index in [2.05, 4.69) is 35.0 Å². The van der Waals surface area contributed by atoms with Gasteiger partial charge in [0.25, 0.3) is 0 Å². The van der Waals surface area contributed by atoms with Crippen LogP contribution >= 0.6 is 0 Å². The topological polar surface area (TPSA) is 49.9 Å². The van der Waals surface area contributed by atoms with Crippen LogP contribution in [0.15, 0.2) is 18.2 Å². The number of rotatable bonds is 1. The highest BCUT2D eigenvalue weighted by Crippen LogP contribution is 2.48. The molecule has 114 valence electrons. The van der Waals surface area contributed by atoms with Crippen LogP contribution in [0.1, 0.15) is 5.56 Å². The Morgan fingerprint density at radius 1 is 1.19 bits per heavy atom. The number of hydrogen-bond acceptors (Lipinski definition) is 5. The van der Waals surface area contributed by atoms with Crippen molar-refractivity contribution < 1.29 is 13.2 Å². The zero-order valence-electron chi connectivity index (χ0n) is 12.2. The molecule has 4 rings (SSSR count). The Balaban J connectivity index is 1.68. The summed E-state index contributed by atoms with van der Waals surface area (Å²) in [7, 11) is -0.766. The van der Waals surface area contributed by atoms with Gasteiger partial charge in [0.05, 0.1) is 24.7 Å². The van der Waals surface area contributed by atoms with Crippen molar-refractivity contribution >= 4 is 21.2 Å². The number of anilines is 2. The van der Waals surface area contributed by atoms with E-state index in [1.54, 1.807) is 0 Å². The lowest BCUT2D eigenvalue weighted by molar-refractivity contribution is 0.122. The standard InChI is InChI=1S/C15H20N2O3S/c1-16-9-15(10-21(18,19)11-15)13-3-2-12(8-14(13)16)17-4-6-20-7-5-17/h2-3,8H,4-7,9-11H2,1H3. The van der Waals surface area contributed by atoms with Crippen LogP contribution in [-0.2, 0) is 20.0 Å². The average Bonchev–Trinajstić information content (AvgIpc) is 2.71. The zero-order chi connectivity index (χ0) is 14.7. The van der Waals surface area contributed by atoms with E-state index in [0.717, 1.165) is 32.8 Å². The van der Waals surface area contributed by atoms with Crippen molar-refractivity contribution in [1.82, 2.24) is 0 Å². The summed E-state index contributed by atoms with van der Waals surface area (Å²) in [5, 5.41) is 0. The van der Waals surface area contributed by atoms with Crippen molar-refractivity contribution in [3.8, 4) is 0 Å². The maximum Gasteiger partial charge on any atom is 0.152 e. The molecule has 1 aromatic rings. The third-order valence-electron chi connectivity index (χ3n) is 4.87. The summed E-state index contributed by atoms with van der Waals surface area (Å²) in [4.78, 5) is 4.54. The summed E-state index contributed by atoms with van der Waals surface area (Å²) >= 11 is 0. The Kier molecular flexibility index (Phi) is 2.78. The van der Waals surface area contributed by atoms with E-state index in [1.165, 1.54) is 16.9 Å². The van der Waals surface area contributed by atoms with Crippen molar-refractivity contribution in [1.29, 1.82) is 0 Å². The number of morpholine rings is 1. The fraction of sp³-hybridized carbons (Fsp3) is 0.600. The molecule has 0 atom stereocenters. The number of sulfone groups is 1. The lowest BCUT2D eigenvalue weighted by Gasteiger charge is -2.38. The van der Waals surface area contributed by atoms with Gasteiger partial charge in [-0.1, -0.05) is 6.07 Å². The van der Waals surface area contributed by atoms with Crippen molar-refractivity contribution in [3.63, 3.8) is 0 Å². The second kappa shape index (κ2) is 4.36. The third kappa shape index (κ3) is 2.04. The fourth-order valence-corrected chi connectivity index (χ4v) is 6.07. The van der Waals surface area contributed by atoms with Crippen LogP contribution in [0.2, 0.25) is 0 Å². The van der Waals surface area contributed by atoms with E-state index in [9.17, 15) is 8.42 Å². The first-order chi connectivity index (χ1) is 9.99. The smallest absolute Gasteiger partial charge is 0.152 e. The van der Waals surface area contributed by atoms with Gasteiger partial charge < -0.3 is 14.5 Å². The Morgan fingerprint density at radius 3 is 2.57 bits per heavy atom. The molecule has 0 radical (unpaired) electrons. The van der Waals surface area contributed by atoms with Gasteiger partial charge in [0.2, 0.25) is 0 Å². The molecule has 2 saturated heterocycles. The Morgan fingerprint density at radius 2 is 1.90 bits per heavy atom. The monoisotopic (exact) mass is 308 g/mol. The van der Waals surface area contributed by atoms with E-state index in [1.807, 2.05) is 0 Å². The molecule has 0 amide bonds. The molecule has 0 aromatic heterocycles.